The molecule has 0 saturated carbocycles. The Kier molecular flexibility index (Phi) is 4.01. The normalized spacial score (nSPS) is 23.9. The van der Waals surface area contributed by atoms with Crippen molar-refractivity contribution in [3.8, 4) is 11.1 Å². The number of aryl methyl sites for hydroxylation is 1. The lowest BCUT2D eigenvalue weighted by atomic mass is 10.1. The molecule has 0 amide bonds. The van der Waals surface area contributed by atoms with E-state index in [0.717, 1.165) is 24.6 Å². The molecule has 4 rings (SSSR count). The Hall–Kier alpha value is -1.94. The van der Waals surface area contributed by atoms with Gasteiger partial charge in [0, 0.05) is 49.2 Å². The molecule has 126 valence electrons. The van der Waals surface area contributed by atoms with Gasteiger partial charge in [0.05, 0.1) is 0 Å². The average molecular weight is 322 g/mol. The number of anilines is 1. The van der Waals surface area contributed by atoms with E-state index in [0.29, 0.717) is 18.1 Å². The van der Waals surface area contributed by atoms with Gasteiger partial charge in [0.1, 0.15) is 0 Å². The third-order valence-corrected chi connectivity index (χ3v) is 5.49. The lowest BCUT2D eigenvalue weighted by molar-refractivity contribution is 0.176. The van der Waals surface area contributed by atoms with Crippen LogP contribution < -0.4 is 4.90 Å². The Morgan fingerprint density at radius 1 is 0.917 bits per heavy atom. The van der Waals surface area contributed by atoms with Crippen molar-refractivity contribution in [1.82, 2.24) is 14.9 Å². The van der Waals surface area contributed by atoms with Gasteiger partial charge < -0.3 is 4.90 Å². The van der Waals surface area contributed by atoms with Crippen LogP contribution in [0.1, 0.15) is 32.3 Å². The van der Waals surface area contributed by atoms with E-state index in [4.69, 9.17) is 9.97 Å². The third kappa shape index (κ3) is 2.80. The van der Waals surface area contributed by atoms with Crippen LogP contribution in [0.25, 0.3) is 11.1 Å². The summed E-state index contributed by atoms with van der Waals surface area (Å²) in [6.45, 7) is 8.97. The third-order valence-electron chi connectivity index (χ3n) is 5.49. The number of likely N-dealkylation sites (tertiary alicyclic amines) is 1. The molecule has 2 aliphatic heterocycles. The minimum Gasteiger partial charge on any atom is -0.332 e. The molecule has 2 bridgehead atoms. The van der Waals surface area contributed by atoms with Crippen LogP contribution in [0.5, 0.6) is 0 Å². The van der Waals surface area contributed by atoms with Gasteiger partial charge in [-0.15, -0.1) is 0 Å². The Bertz CT molecular complexity index is 679. The molecule has 1 aromatic carbocycles. The molecule has 0 N–H and O–H groups in total. The fraction of sp³-hybridized carbons (Fsp3) is 0.500. The predicted molar refractivity (Wildman–Crippen MR) is 98.2 cm³/mol. The fourth-order valence-electron chi connectivity index (χ4n) is 4.03. The second-order valence-electron chi connectivity index (χ2n) is 7.48. The molecular formula is C20H26N4. The fourth-order valence-corrected chi connectivity index (χ4v) is 4.03. The molecule has 2 unspecified atom stereocenters. The standard InChI is InChI=1S/C20H26N4/c1-14(2)23-12-18-8-9-19(13-23)24(18)20-21-10-17(11-22-20)16-6-4-15(3)5-7-16/h4-7,10-11,14,18-19H,8-9,12-13H2,1-3H3. The van der Waals surface area contributed by atoms with Crippen LogP contribution in [-0.4, -0.2) is 46.1 Å². The van der Waals surface area contributed by atoms with Crippen LogP contribution in [0.4, 0.5) is 5.95 Å². The predicted octanol–water partition coefficient (Wildman–Crippen LogP) is 3.51. The summed E-state index contributed by atoms with van der Waals surface area (Å²) in [6.07, 6.45) is 6.47. The van der Waals surface area contributed by atoms with E-state index in [1.165, 1.54) is 24.0 Å². The average Bonchev–Trinajstić information content (AvgIpc) is 2.85. The van der Waals surface area contributed by atoms with Gasteiger partial charge >= 0.3 is 0 Å². The molecule has 0 radical (unpaired) electrons. The van der Waals surface area contributed by atoms with Crippen LogP contribution in [0.3, 0.4) is 0 Å². The van der Waals surface area contributed by atoms with Crippen molar-refractivity contribution in [3.05, 3.63) is 42.2 Å². The largest absolute Gasteiger partial charge is 0.332 e. The van der Waals surface area contributed by atoms with Gasteiger partial charge in [-0.3, -0.25) is 4.90 Å². The molecule has 4 heteroatoms. The van der Waals surface area contributed by atoms with E-state index in [1.54, 1.807) is 0 Å². The number of hydrogen-bond acceptors (Lipinski definition) is 4. The van der Waals surface area contributed by atoms with Crippen molar-refractivity contribution >= 4 is 5.95 Å². The van der Waals surface area contributed by atoms with Crippen LogP contribution in [0.15, 0.2) is 36.7 Å². The van der Waals surface area contributed by atoms with Gasteiger partial charge in [0.2, 0.25) is 5.95 Å². The minimum absolute atomic E-state index is 0.566. The Morgan fingerprint density at radius 3 is 2.04 bits per heavy atom. The second-order valence-corrected chi connectivity index (χ2v) is 7.48. The Morgan fingerprint density at radius 2 is 1.50 bits per heavy atom. The van der Waals surface area contributed by atoms with E-state index in [1.807, 2.05) is 12.4 Å². The highest BCUT2D eigenvalue weighted by molar-refractivity contribution is 5.62. The minimum atomic E-state index is 0.566. The monoisotopic (exact) mass is 322 g/mol. The second kappa shape index (κ2) is 6.17. The van der Waals surface area contributed by atoms with Gasteiger partial charge in [0.25, 0.3) is 0 Å². The smallest absolute Gasteiger partial charge is 0.225 e. The maximum atomic E-state index is 4.71. The summed E-state index contributed by atoms with van der Waals surface area (Å²) in [7, 11) is 0. The molecular weight excluding hydrogens is 296 g/mol. The van der Waals surface area contributed by atoms with Crippen molar-refractivity contribution < 1.29 is 0 Å². The number of fused-ring (bicyclic) bond motifs is 2. The van der Waals surface area contributed by atoms with E-state index < -0.39 is 0 Å². The summed E-state index contributed by atoms with van der Waals surface area (Å²) in [6, 6.07) is 10.3. The lowest BCUT2D eigenvalue weighted by Gasteiger charge is -2.42. The highest BCUT2D eigenvalue weighted by Gasteiger charge is 2.41. The topological polar surface area (TPSA) is 32.3 Å². The van der Waals surface area contributed by atoms with Crippen molar-refractivity contribution in [3.63, 3.8) is 0 Å². The van der Waals surface area contributed by atoms with E-state index in [-0.39, 0.29) is 0 Å². The highest BCUT2D eigenvalue weighted by Crippen LogP contribution is 2.34. The van der Waals surface area contributed by atoms with Crippen LogP contribution in [0, 0.1) is 6.92 Å². The van der Waals surface area contributed by atoms with Crippen LogP contribution in [-0.2, 0) is 0 Å². The number of benzene rings is 1. The van der Waals surface area contributed by atoms with Gasteiger partial charge in [-0.2, -0.15) is 0 Å². The molecule has 4 nitrogen and oxygen atoms in total. The summed E-state index contributed by atoms with van der Waals surface area (Å²) in [5.41, 5.74) is 3.54. The first-order chi connectivity index (χ1) is 11.6. The maximum absolute atomic E-state index is 4.71. The summed E-state index contributed by atoms with van der Waals surface area (Å²) >= 11 is 0. The SMILES string of the molecule is Cc1ccc(-c2cnc(N3C4CCC3CN(C(C)C)C4)nc2)cc1. The van der Waals surface area contributed by atoms with Crippen molar-refractivity contribution in [1.29, 1.82) is 0 Å². The van der Waals surface area contributed by atoms with Crippen molar-refractivity contribution in [2.24, 2.45) is 0 Å². The molecule has 24 heavy (non-hydrogen) atoms. The zero-order valence-corrected chi connectivity index (χ0v) is 14.8. The number of rotatable bonds is 3. The van der Waals surface area contributed by atoms with E-state index in [9.17, 15) is 0 Å². The number of nitrogens with zero attached hydrogens (tertiary/aromatic N) is 4. The van der Waals surface area contributed by atoms with Gasteiger partial charge in [-0.05, 0) is 39.2 Å². The first-order valence-electron chi connectivity index (χ1n) is 9.03. The van der Waals surface area contributed by atoms with E-state index in [2.05, 4.69) is 54.8 Å². The molecule has 0 aliphatic carbocycles. The van der Waals surface area contributed by atoms with Gasteiger partial charge in [0.15, 0.2) is 0 Å². The highest BCUT2D eigenvalue weighted by atomic mass is 15.4. The lowest BCUT2D eigenvalue weighted by Crippen LogP contribution is -2.56. The van der Waals surface area contributed by atoms with E-state index >= 15 is 0 Å². The molecule has 2 fully saturated rings. The zero-order chi connectivity index (χ0) is 16.7. The molecule has 2 atom stereocenters. The number of piperazine rings is 1. The van der Waals surface area contributed by atoms with Crippen LogP contribution in [0.2, 0.25) is 0 Å². The molecule has 2 aliphatic rings. The van der Waals surface area contributed by atoms with Gasteiger partial charge in [-0.1, -0.05) is 29.8 Å². The molecule has 0 spiro atoms. The maximum Gasteiger partial charge on any atom is 0.225 e. The van der Waals surface area contributed by atoms with Crippen LogP contribution >= 0.6 is 0 Å². The Balaban J connectivity index is 1.54. The summed E-state index contributed by atoms with van der Waals surface area (Å²) < 4.78 is 0. The molecule has 2 aromatic rings. The van der Waals surface area contributed by atoms with Crippen molar-refractivity contribution in [2.45, 2.75) is 51.7 Å². The first kappa shape index (κ1) is 15.6. The first-order valence-corrected chi connectivity index (χ1v) is 9.03. The summed E-state index contributed by atoms with van der Waals surface area (Å²) in [5.74, 6) is 0.904. The molecule has 1 aromatic heterocycles. The van der Waals surface area contributed by atoms with Gasteiger partial charge in [-0.25, -0.2) is 9.97 Å². The Labute approximate surface area is 144 Å². The molecule has 2 saturated heterocycles. The number of hydrogen-bond donors (Lipinski definition) is 0. The summed E-state index contributed by atoms with van der Waals surface area (Å²) in [4.78, 5) is 14.5. The quantitative estimate of drug-likeness (QED) is 0.865. The summed E-state index contributed by atoms with van der Waals surface area (Å²) in [5, 5.41) is 0. The molecule has 3 heterocycles. The number of aromatic nitrogens is 2. The van der Waals surface area contributed by atoms with Crippen molar-refractivity contribution in [2.75, 3.05) is 18.0 Å². The zero-order valence-electron chi connectivity index (χ0n) is 14.8.